The van der Waals surface area contributed by atoms with Crippen molar-refractivity contribution in [2.24, 2.45) is 0 Å². The maximum atomic E-state index is 12.0. The number of nitrogens with one attached hydrogen (secondary N) is 2. The van der Waals surface area contributed by atoms with Crippen molar-refractivity contribution in [1.29, 1.82) is 0 Å². The molecule has 0 bridgehead atoms. The van der Waals surface area contributed by atoms with Crippen LogP contribution >= 0.6 is 23.2 Å². The van der Waals surface area contributed by atoms with E-state index in [-0.39, 0.29) is 12.5 Å². The summed E-state index contributed by atoms with van der Waals surface area (Å²) in [5.74, 6) is 0.918. The van der Waals surface area contributed by atoms with Gasteiger partial charge in [-0.25, -0.2) is 0 Å². The van der Waals surface area contributed by atoms with Crippen molar-refractivity contribution in [3.8, 4) is 11.5 Å². The number of rotatable bonds is 8. The van der Waals surface area contributed by atoms with Gasteiger partial charge in [0.15, 0.2) is 0 Å². The lowest BCUT2D eigenvalue weighted by molar-refractivity contribution is -0.119. The molecule has 2 rings (SSSR count). The normalized spacial score (nSPS) is 10.2. The van der Waals surface area contributed by atoms with Gasteiger partial charge in [0.1, 0.15) is 11.5 Å². The van der Waals surface area contributed by atoms with E-state index in [0.717, 1.165) is 5.56 Å². The Morgan fingerprint density at radius 3 is 2.52 bits per heavy atom. The molecule has 2 aromatic carbocycles. The number of carbonyl (C=O) groups is 1. The number of carbonyl (C=O) groups excluding carboxylic acids is 1. The van der Waals surface area contributed by atoms with Crippen LogP contribution in [0, 0.1) is 0 Å². The van der Waals surface area contributed by atoms with Crippen molar-refractivity contribution in [2.45, 2.75) is 6.42 Å². The Kier molecular flexibility index (Phi) is 7.22. The minimum atomic E-state index is -0.127. The smallest absolute Gasteiger partial charge is 0.239 e. The summed E-state index contributed by atoms with van der Waals surface area (Å²) in [7, 11) is 3.06. The fourth-order valence-electron chi connectivity index (χ4n) is 2.28. The van der Waals surface area contributed by atoms with Crippen LogP contribution in [0.3, 0.4) is 0 Å². The van der Waals surface area contributed by atoms with Crippen molar-refractivity contribution in [1.82, 2.24) is 5.32 Å². The van der Waals surface area contributed by atoms with Crippen LogP contribution in [-0.4, -0.2) is 33.2 Å². The second-order valence-electron chi connectivity index (χ2n) is 5.27. The highest BCUT2D eigenvalue weighted by Gasteiger charge is 2.11. The Morgan fingerprint density at radius 2 is 1.84 bits per heavy atom. The van der Waals surface area contributed by atoms with Crippen LogP contribution in [0.15, 0.2) is 36.4 Å². The monoisotopic (exact) mass is 382 g/mol. The molecular formula is C18H20Cl2N2O3. The molecule has 2 N–H and O–H groups in total. The quantitative estimate of drug-likeness (QED) is 0.729. The number of anilines is 1. The number of ether oxygens (including phenoxy) is 2. The lowest BCUT2D eigenvalue weighted by Crippen LogP contribution is -2.31. The van der Waals surface area contributed by atoms with Crippen LogP contribution in [0.1, 0.15) is 5.56 Å². The van der Waals surface area contributed by atoms with Gasteiger partial charge >= 0.3 is 0 Å². The number of hydrogen-bond acceptors (Lipinski definition) is 4. The second kappa shape index (κ2) is 9.39. The topological polar surface area (TPSA) is 59.6 Å². The van der Waals surface area contributed by atoms with Gasteiger partial charge < -0.3 is 20.1 Å². The van der Waals surface area contributed by atoms with E-state index in [1.54, 1.807) is 12.1 Å². The van der Waals surface area contributed by atoms with Crippen molar-refractivity contribution in [3.63, 3.8) is 0 Å². The first-order valence-corrected chi connectivity index (χ1v) is 8.45. The zero-order valence-corrected chi connectivity index (χ0v) is 15.6. The van der Waals surface area contributed by atoms with E-state index in [0.29, 0.717) is 40.2 Å². The third-order valence-corrected chi connectivity index (χ3v) is 4.07. The van der Waals surface area contributed by atoms with Crippen LogP contribution < -0.4 is 20.1 Å². The van der Waals surface area contributed by atoms with Gasteiger partial charge in [0.25, 0.3) is 0 Å². The van der Waals surface area contributed by atoms with Crippen molar-refractivity contribution >= 4 is 34.8 Å². The number of halogens is 2. The highest BCUT2D eigenvalue weighted by molar-refractivity contribution is 6.32. The molecule has 25 heavy (non-hydrogen) atoms. The Hall–Kier alpha value is -2.11. The summed E-state index contributed by atoms with van der Waals surface area (Å²) in [5, 5.41) is 7.01. The highest BCUT2D eigenvalue weighted by Crippen LogP contribution is 2.35. The molecule has 0 unspecified atom stereocenters. The number of benzene rings is 2. The van der Waals surface area contributed by atoms with Gasteiger partial charge in [0.05, 0.1) is 31.5 Å². The summed E-state index contributed by atoms with van der Waals surface area (Å²) in [5.41, 5.74) is 1.71. The van der Waals surface area contributed by atoms with E-state index in [1.165, 1.54) is 14.2 Å². The minimum Gasteiger partial charge on any atom is -0.495 e. The zero-order valence-electron chi connectivity index (χ0n) is 14.1. The maximum absolute atomic E-state index is 12.0. The van der Waals surface area contributed by atoms with Crippen LogP contribution in [-0.2, 0) is 11.2 Å². The van der Waals surface area contributed by atoms with Crippen LogP contribution in [0.25, 0.3) is 0 Å². The van der Waals surface area contributed by atoms with Gasteiger partial charge in [-0.15, -0.1) is 0 Å². The van der Waals surface area contributed by atoms with Gasteiger partial charge in [-0.05, 0) is 24.1 Å². The summed E-state index contributed by atoms with van der Waals surface area (Å²) in [6.07, 6.45) is 0.713. The highest BCUT2D eigenvalue weighted by atomic mass is 35.5. The molecule has 0 fully saturated rings. The van der Waals surface area contributed by atoms with Crippen LogP contribution in [0.5, 0.6) is 11.5 Å². The number of hydrogen-bond donors (Lipinski definition) is 2. The lowest BCUT2D eigenvalue weighted by atomic mass is 10.1. The van der Waals surface area contributed by atoms with E-state index in [4.69, 9.17) is 32.7 Å². The van der Waals surface area contributed by atoms with Crippen LogP contribution in [0.2, 0.25) is 10.0 Å². The Morgan fingerprint density at radius 1 is 1.08 bits per heavy atom. The zero-order chi connectivity index (χ0) is 18.2. The molecule has 0 aromatic heterocycles. The standard InChI is InChI=1S/C18H20Cl2N2O3/c1-24-16-10-15(17(25-2)9-14(16)20)22-11-18(23)21-7-6-12-4-3-5-13(19)8-12/h3-5,8-10,22H,6-7,11H2,1-2H3,(H,21,23). The first kappa shape index (κ1) is 19.2. The third kappa shape index (κ3) is 5.73. The first-order chi connectivity index (χ1) is 12.0. The van der Waals surface area contributed by atoms with Crippen molar-refractivity contribution in [2.75, 3.05) is 32.6 Å². The second-order valence-corrected chi connectivity index (χ2v) is 6.11. The Balaban J connectivity index is 1.85. The Labute approximate surface area is 157 Å². The van der Waals surface area contributed by atoms with Gasteiger partial charge in [-0.3, -0.25) is 4.79 Å². The summed E-state index contributed by atoms with van der Waals surface area (Å²) in [6.45, 7) is 0.638. The summed E-state index contributed by atoms with van der Waals surface area (Å²) < 4.78 is 10.4. The predicted octanol–water partition coefficient (Wildman–Crippen LogP) is 3.78. The molecule has 0 aliphatic rings. The SMILES string of the molecule is COc1cc(NCC(=O)NCCc2cccc(Cl)c2)c(OC)cc1Cl. The van der Waals surface area contributed by atoms with E-state index >= 15 is 0 Å². The fraction of sp³-hybridized carbons (Fsp3) is 0.278. The molecule has 0 aliphatic heterocycles. The minimum absolute atomic E-state index is 0.108. The molecule has 1 amide bonds. The molecule has 0 heterocycles. The summed E-state index contributed by atoms with van der Waals surface area (Å²) in [4.78, 5) is 12.0. The molecule has 0 saturated carbocycles. The molecule has 0 radical (unpaired) electrons. The fourth-order valence-corrected chi connectivity index (χ4v) is 2.72. The molecule has 0 aliphatic carbocycles. The lowest BCUT2D eigenvalue weighted by Gasteiger charge is -2.14. The van der Waals surface area contributed by atoms with E-state index in [9.17, 15) is 4.79 Å². The van der Waals surface area contributed by atoms with Crippen molar-refractivity contribution < 1.29 is 14.3 Å². The molecule has 2 aromatic rings. The average molecular weight is 383 g/mol. The van der Waals surface area contributed by atoms with Gasteiger partial charge in [-0.2, -0.15) is 0 Å². The third-order valence-electron chi connectivity index (χ3n) is 3.54. The summed E-state index contributed by atoms with van der Waals surface area (Å²) >= 11 is 12.0. The van der Waals surface area contributed by atoms with Crippen molar-refractivity contribution in [3.05, 3.63) is 52.0 Å². The molecule has 7 heteroatoms. The van der Waals surface area contributed by atoms with Gasteiger partial charge in [0.2, 0.25) is 5.91 Å². The average Bonchev–Trinajstić information content (AvgIpc) is 2.60. The molecule has 0 atom stereocenters. The maximum Gasteiger partial charge on any atom is 0.239 e. The Bertz CT molecular complexity index is 738. The molecule has 134 valence electrons. The van der Waals surface area contributed by atoms with E-state index in [2.05, 4.69) is 10.6 Å². The molecule has 0 spiro atoms. The number of methoxy groups -OCH3 is 2. The van der Waals surface area contributed by atoms with E-state index in [1.807, 2.05) is 24.3 Å². The molecule has 5 nitrogen and oxygen atoms in total. The number of amides is 1. The largest absolute Gasteiger partial charge is 0.495 e. The van der Waals surface area contributed by atoms with Crippen LogP contribution in [0.4, 0.5) is 5.69 Å². The van der Waals surface area contributed by atoms with Gasteiger partial charge in [0, 0.05) is 23.7 Å². The van der Waals surface area contributed by atoms with Gasteiger partial charge in [-0.1, -0.05) is 35.3 Å². The predicted molar refractivity (Wildman–Crippen MR) is 101 cm³/mol. The van der Waals surface area contributed by atoms with E-state index < -0.39 is 0 Å². The molecular weight excluding hydrogens is 363 g/mol. The molecule has 0 saturated heterocycles. The first-order valence-electron chi connectivity index (χ1n) is 7.70. The summed E-state index contributed by atoms with van der Waals surface area (Å²) in [6, 6.07) is 10.9.